The first-order chi connectivity index (χ1) is 13.5. The Balaban J connectivity index is 1.79. The monoisotopic (exact) mass is 371 g/mol. The molecule has 0 atom stereocenters. The second kappa shape index (κ2) is 6.97. The topological polar surface area (TPSA) is 66.1 Å². The third kappa shape index (κ3) is 3.07. The minimum atomic E-state index is -0.145. The predicted molar refractivity (Wildman–Crippen MR) is 110 cm³/mol. The van der Waals surface area contributed by atoms with Gasteiger partial charge >= 0.3 is 0 Å². The molecule has 1 aliphatic carbocycles. The molecule has 4 rings (SSSR count). The molecule has 0 bridgehead atoms. The highest BCUT2D eigenvalue weighted by molar-refractivity contribution is 6.07. The van der Waals surface area contributed by atoms with Crippen LogP contribution in [0.25, 0.3) is 10.9 Å². The Morgan fingerprint density at radius 1 is 1.21 bits per heavy atom. The van der Waals surface area contributed by atoms with Crippen molar-refractivity contribution >= 4 is 22.5 Å². The Labute approximate surface area is 163 Å². The van der Waals surface area contributed by atoms with Gasteiger partial charge in [-0.25, -0.2) is 0 Å². The number of rotatable bonds is 4. The molecule has 1 saturated carbocycles. The van der Waals surface area contributed by atoms with Gasteiger partial charge in [0.05, 0.1) is 17.1 Å². The van der Waals surface area contributed by atoms with Gasteiger partial charge in [0.15, 0.2) is 0 Å². The van der Waals surface area contributed by atoms with Crippen LogP contribution in [-0.4, -0.2) is 17.5 Å². The molecule has 0 unspecified atom stereocenters. The number of nitriles is 1. The molecular weight excluding hydrogens is 350 g/mol. The van der Waals surface area contributed by atoms with Crippen molar-refractivity contribution < 1.29 is 4.79 Å². The summed E-state index contributed by atoms with van der Waals surface area (Å²) in [6.07, 6.45) is 2.17. The van der Waals surface area contributed by atoms with Crippen molar-refractivity contribution in [3.8, 4) is 6.07 Å². The van der Waals surface area contributed by atoms with Gasteiger partial charge in [-0.3, -0.25) is 9.59 Å². The van der Waals surface area contributed by atoms with E-state index in [1.807, 2.05) is 25.1 Å². The first kappa shape index (κ1) is 18.0. The van der Waals surface area contributed by atoms with E-state index in [1.165, 1.54) is 0 Å². The van der Waals surface area contributed by atoms with Crippen molar-refractivity contribution in [1.82, 2.24) is 4.57 Å². The van der Waals surface area contributed by atoms with Crippen LogP contribution >= 0.6 is 0 Å². The fraction of sp³-hybridized carbons (Fsp3) is 0.261. The lowest BCUT2D eigenvalue weighted by atomic mass is 10.0. The molecule has 1 amide bonds. The number of hydrogen-bond donors (Lipinski definition) is 0. The number of carbonyl (C=O) groups is 1. The zero-order chi connectivity index (χ0) is 19.8. The van der Waals surface area contributed by atoms with Crippen molar-refractivity contribution in [3.05, 3.63) is 75.6 Å². The Morgan fingerprint density at radius 2 is 2.00 bits per heavy atom. The number of amides is 1. The van der Waals surface area contributed by atoms with E-state index in [2.05, 4.69) is 6.07 Å². The van der Waals surface area contributed by atoms with E-state index in [9.17, 15) is 9.59 Å². The minimum Gasteiger partial charge on any atom is -0.311 e. The van der Waals surface area contributed by atoms with Gasteiger partial charge in [-0.1, -0.05) is 6.07 Å². The SMILES string of the molecule is CCn1c(=O)cc(C2CC2)c2cc(C(=O)N(C)c3cccc(C#N)c3)ccc21. The summed E-state index contributed by atoms with van der Waals surface area (Å²) in [7, 11) is 1.71. The molecule has 3 aromatic rings. The number of carbonyl (C=O) groups excluding carboxylic acids is 1. The van der Waals surface area contributed by atoms with Crippen LogP contribution in [0.1, 0.15) is 47.2 Å². The van der Waals surface area contributed by atoms with Gasteiger partial charge in [-0.2, -0.15) is 5.26 Å². The van der Waals surface area contributed by atoms with Crippen molar-refractivity contribution in [2.75, 3.05) is 11.9 Å². The highest BCUT2D eigenvalue weighted by Crippen LogP contribution is 2.42. The number of pyridine rings is 1. The minimum absolute atomic E-state index is 0.0152. The molecule has 28 heavy (non-hydrogen) atoms. The summed E-state index contributed by atoms with van der Waals surface area (Å²) in [5.74, 6) is 0.269. The molecule has 1 fully saturated rings. The summed E-state index contributed by atoms with van der Waals surface area (Å²) in [5, 5.41) is 10.1. The van der Waals surface area contributed by atoms with Crippen LogP contribution in [-0.2, 0) is 6.54 Å². The molecule has 0 radical (unpaired) electrons. The Morgan fingerprint density at radius 3 is 2.68 bits per heavy atom. The Bertz CT molecular complexity index is 1180. The normalized spacial score (nSPS) is 13.3. The average Bonchev–Trinajstić information content (AvgIpc) is 3.57. The first-order valence-corrected chi connectivity index (χ1v) is 9.49. The van der Waals surface area contributed by atoms with E-state index in [-0.39, 0.29) is 11.5 Å². The predicted octanol–water partition coefficient (Wildman–Crippen LogP) is 4.05. The molecule has 0 spiro atoms. The van der Waals surface area contributed by atoms with Crippen molar-refractivity contribution in [1.29, 1.82) is 5.26 Å². The quantitative estimate of drug-likeness (QED) is 0.695. The maximum absolute atomic E-state index is 13.1. The van der Waals surface area contributed by atoms with E-state index in [1.54, 1.807) is 46.8 Å². The zero-order valence-corrected chi connectivity index (χ0v) is 16.0. The van der Waals surface area contributed by atoms with Crippen LogP contribution < -0.4 is 10.5 Å². The number of aromatic nitrogens is 1. The molecule has 1 heterocycles. The summed E-state index contributed by atoms with van der Waals surface area (Å²) in [5.41, 5.74) is 3.70. The molecular formula is C23H21N3O2. The van der Waals surface area contributed by atoms with Crippen molar-refractivity contribution in [2.45, 2.75) is 32.2 Å². The fourth-order valence-electron chi connectivity index (χ4n) is 3.70. The number of hydrogen-bond acceptors (Lipinski definition) is 3. The van der Waals surface area contributed by atoms with Gasteiger partial charge < -0.3 is 9.47 Å². The zero-order valence-electron chi connectivity index (χ0n) is 16.0. The third-order valence-electron chi connectivity index (χ3n) is 5.39. The lowest BCUT2D eigenvalue weighted by Crippen LogP contribution is -2.26. The molecule has 5 heteroatoms. The van der Waals surface area contributed by atoms with E-state index >= 15 is 0 Å². The largest absolute Gasteiger partial charge is 0.311 e. The van der Waals surface area contributed by atoms with Crippen molar-refractivity contribution in [2.24, 2.45) is 0 Å². The highest BCUT2D eigenvalue weighted by Gasteiger charge is 2.27. The maximum Gasteiger partial charge on any atom is 0.258 e. The van der Waals surface area contributed by atoms with Gasteiger partial charge in [-0.15, -0.1) is 0 Å². The van der Waals surface area contributed by atoms with E-state index in [4.69, 9.17) is 5.26 Å². The lowest BCUT2D eigenvalue weighted by molar-refractivity contribution is 0.0993. The molecule has 2 aromatic carbocycles. The van der Waals surface area contributed by atoms with Gasteiger partial charge in [0.1, 0.15) is 0 Å². The number of fused-ring (bicyclic) bond motifs is 1. The number of anilines is 1. The van der Waals surface area contributed by atoms with Crippen LogP contribution in [0, 0.1) is 11.3 Å². The number of nitrogens with zero attached hydrogens (tertiary/aromatic N) is 3. The lowest BCUT2D eigenvalue weighted by Gasteiger charge is -2.19. The summed E-state index contributed by atoms with van der Waals surface area (Å²) >= 11 is 0. The summed E-state index contributed by atoms with van der Waals surface area (Å²) in [6.45, 7) is 2.54. The second-order valence-electron chi connectivity index (χ2n) is 7.21. The number of aryl methyl sites for hydroxylation is 1. The van der Waals surface area contributed by atoms with Gasteiger partial charge in [0.2, 0.25) is 0 Å². The number of benzene rings is 2. The standard InChI is InChI=1S/C23H21N3O2/c1-3-26-21-10-9-17(12-20(21)19(13-22(26)27)16-7-8-16)23(28)25(2)18-6-4-5-15(11-18)14-24/h4-6,9-13,16H,3,7-8H2,1-2H3. The van der Waals surface area contributed by atoms with Crippen molar-refractivity contribution in [3.63, 3.8) is 0 Å². The van der Waals surface area contributed by atoms with E-state index in [0.29, 0.717) is 29.3 Å². The van der Waals surface area contributed by atoms with Crippen LogP contribution in [0.3, 0.4) is 0 Å². The average molecular weight is 371 g/mol. The molecule has 0 aliphatic heterocycles. The highest BCUT2D eigenvalue weighted by atomic mass is 16.2. The van der Waals surface area contributed by atoms with Gasteiger partial charge in [-0.05, 0) is 67.6 Å². The molecule has 1 aliphatic rings. The first-order valence-electron chi connectivity index (χ1n) is 9.49. The van der Waals surface area contributed by atoms with Gasteiger partial charge in [0.25, 0.3) is 11.5 Å². The van der Waals surface area contributed by atoms with Crippen LogP contribution in [0.15, 0.2) is 53.3 Å². The van der Waals surface area contributed by atoms with Gasteiger partial charge in [0, 0.05) is 36.3 Å². The molecule has 0 N–H and O–H groups in total. The van der Waals surface area contributed by atoms with E-state index in [0.717, 1.165) is 29.3 Å². The van der Waals surface area contributed by atoms with Crippen LogP contribution in [0.5, 0.6) is 0 Å². The third-order valence-corrected chi connectivity index (χ3v) is 5.39. The van der Waals surface area contributed by atoms with E-state index < -0.39 is 0 Å². The van der Waals surface area contributed by atoms with Crippen LogP contribution in [0.2, 0.25) is 0 Å². The second-order valence-corrected chi connectivity index (χ2v) is 7.21. The summed E-state index contributed by atoms with van der Waals surface area (Å²) < 4.78 is 1.75. The Hall–Kier alpha value is -3.39. The maximum atomic E-state index is 13.1. The molecule has 5 nitrogen and oxygen atoms in total. The smallest absolute Gasteiger partial charge is 0.258 e. The molecule has 1 aromatic heterocycles. The summed E-state index contributed by atoms with van der Waals surface area (Å²) in [4.78, 5) is 27.1. The fourth-order valence-corrected chi connectivity index (χ4v) is 3.70. The molecule has 0 saturated heterocycles. The van der Waals surface area contributed by atoms with Crippen LogP contribution in [0.4, 0.5) is 5.69 Å². The Kier molecular flexibility index (Phi) is 4.48. The summed E-state index contributed by atoms with van der Waals surface area (Å²) in [6, 6.07) is 16.4. The molecule has 140 valence electrons.